The quantitative estimate of drug-likeness (QED) is 0.263. The molecule has 6 atom stereocenters. The Morgan fingerprint density at radius 3 is 2.32 bits per heavy atom. The van der Waals surface area contributed by atoms with Gasteiger partial charge in [0.25, 0.3) is 0 Å². The molecule has 2 aliphatic rings. The first-order valence-corrected chi connectivity index (χ1v) is 13.2. The summed E-state index contributed by atoms with van der Waals surface area (Å²) in [5, 5.41) is 34.4. The van der Waals surface area contributed by atoms with E-state index in [1.165, 1.54) is 12.1 Å². The molecule has 1 aromatic carbocycles. The standard InChI is InChI=1S/C26H34FNO9S/c1-12(2)21(32)36-11-25-17(18(25)20(30)31)19(29)15(10-38-14-7-8-16(27)13(3)9-14)26(25,22(33)34)28-23(35)37-24(4,5)6/h7-9,12,15,17-19,29H,10-11H2,1-6H3,(H,28,35)(H,30,31)(H,33,34)/t15-,17+,18+,19-,25-,26+/m1/s1. The molecule has 3 rings (SSSR count). The highest BCUT2D eigenvalue weighted by molar-refractivity contribution is 7.99. The van der Waals surface area contributed by atoms with Gasteiger partial charge in [-0.2, -0.15) is 0 Å². The third kappa shape index (κ3) is 5.07. The van der Waals surface area contributed by atoms with Gasteiger partial charge in [-0.1, -0.05) is 13.8 Å². The molecular formula is C26H34FNO9S. The summed E-state index contributed by atoms with van der Waals surface area (Å²) in [7, 11) is 0. The zero-order chi connectivity index (χ0) is 28.8. The van der Waals surface area contributed by atoms with Gasteiger partial charge in [-0.05, 0) is 51.5 Å². The summed E-state index contributed by atoms with van der Waals surface area (Å²) < 4.78 is 24.5. The number of carbonyl (C=O) groups is 4. The Morgan fingerprint density at radius 2 is 1.82 bits per heavy atom. The van der Waals surface area contributed by atoms with Gasteiger partial charge >= 0.3 is 24.0 Å². The molecule has 0 heterocycles. The Hall–Kier alpha value is -2.86. The summed E-state index contributed by atoms with van der Waals surface area (Å²) in [6.45, 7) is 8.80. The minimum atomic E-state index is -2.36. The van der Waals surface area contributed by atoms with Crippen LogP contribution >= 0.6 is 11.8 Å². The second-order valence-electron chi connectivity index (χ2n) is 11.2. The van der Waals surface area contributed by atoms with Crippen molar-refractivity contribution in [2.45, 2.75) is 63.7 Å². The molecule has 4 N–H and O–H groups in total. The molecule has 0 unspecified atom stereocenters. The number of carboxylic acids is 2. The van der Waals surface area contributed by atoms with Gasteiger partial charge in [0, 0.05) is 22.5 Å². The number of amides is 1. The van der Waals surface area contributed by atoms with E-state index in [9.17, 15) is 38.9 Å². The molecular weight excluding hydrogens is 521 g/mol. The number of ether oxygens (including phenoxy) is 2. The Bertz CT molecular complexity index is 1140. The van der Waals surface area contributed by atoms with Crippen LogP contribution in [0.4, 0.5) is 9.18 Å². The lowest BCUT2D eigenvalue weighted by Crippen LogP contribution is -2.67. The number of aliphatic carboxylic acids is 2. The number of rotatable bonds is 9. The van der Waals surface area contributed by atoms with Crippen molar-refractivity contribution in [3.63, 3.8) is 0 Å². The van der Waals surface area contributed by atoms with Crippen molar-refractivity contribution in [2.75, 3.05) is 12.4 Å². The fraction of sp³-hybridized carbons (Fsp3) is 0.615. The average molecular weight is 556 g/mol. The Labute approximate surface area is 224 Å². The molecule has 0 spiro atoms. The van der Waals surface area contributed by atoms with Crippen LogP contribution in [0.25, 0.3) is 0 Å². The van der Waals surface area contributed by atoms with Crippen molar-refractivity contribution in [3.05, 3.63) is 29.6 Å². The van der Waals surface area contributed by atoms with Gasteiger partial charge in [0.1, 0.15) is 18.0 Å². The smallest absolute Gasteiger partial charge is 0.408 e. The first kappa shape index (κ1) is 29.7. The molecule has 2 fully saturated rings. The highest BCUT2D eigenvalue weighted by atomic mass is 32.2. The zero-order valence-electron chi connectivity index (χ0n) is 22.1. The number of benzene rings is 1. The maximum absolute atomic E-state index is 13.8. The normalized spacial score (nSPS) is 29.9. The lowest BCUT2D eigenvalue weighted by atomic mass is 9.73. The van der Waals surface area contributed by atoms with Gasteiger partial charge in [-0.15, -0.1) is 11.8 Å². The van der Waals surface area contributed by atoms with E-state index >= 15 is 0 Å². The summed E-state index contributed by atoms with van der Waals surface area (Å²) in [6, 6.07) is 4.32. The summed E-state index contributed by atoms with van der Waals surface area (Å²) in [5.41, 5.74) is -4.84. The maximum atomic E-state index is 13.8. The topological polar surface area (TPSA) is 159 Å². The molecule has 2 saturated carbocycles. The van der Waals surface area contributed by atoms with E-state index in [4.69, 9.17) is 9.47 Å². The van der Waals surface area contributed by atoms with Gasteiger partial charge < -0.3 is 30.1 Å². The first-order chi connectivity index (χ1) is 17.5. The number of halogens is 1. The molecule has 10 nitrogen and oxygen atoms in total. The van der Waals surface area contributed by atoms with Crippen molar-refractivity contribution < 1.29 is 48.4 Å². The number of aliphatic hydroxyl groups excluding tert-OH is 1. The van der Waals surface area contributed by atoms with Crippen LogP contribution in [0.3, 0.4) is 0 Å². The van der Waals surface area contributed by atoms with Crippen LogP contribution in [0, 0.1) is 41.8 Å². The SMILES string of the molecule is Cc1cc(SC[C@@H]2[C@@H](O)[C@@H]3[C@@H](C(=O)O)[C@]3(COC(=O)C(C)C)[C@@]2(NC(=O)OC(C)(C)C)C(=O)O)ccc1F. The number of hydrogen-bond donors (Lipinski definition) is 4. The van der Waals surface area contributed by atoms with E-state index in [2.05, 4.69) is 5.32 Å². The molecule has 0 bridgehead atoms. The van der Waals surface area contributed by atoms with Crippen molar-refractivity contribution in [2.24, 2.45) is 29.1 Å². The minimum absolute atomic E-state index is 0.0724. The van der Waals surface area contributed by atoms with Gasteiger partial charge in [0.15, 0.2) is 5.54 Å². The van der Waals surface area contributed by atoms with E-state index in [0.717, 1.165) is 11.8 Å². The second-order valence-corrected chi connectivity index (χ2v) is 12.3. The Balaban J connectivity index is 2.09. The lowest BCUT2D eigenvalue weighted by molar-refractivity contribution is -0.162. The number of aliphatic hydroxyl groups is 1. The van der Waals surface area contributed by atoms with Crippen LogP contribution in [0.1, 0.15) is 40.2 Å². The van der Waals surface area contributed by atoms with Gasteiger partial charge in [-0.3, -0.25) is 9.59 Å². The molecule has 0 aromatic heterocycles. The summed E-state index contributed by atoms with van der Waals surface area (Å²) in [5.74, 6) is -8.45. The number of fused-ring (bicyclic) bond motifs is 1. The van der Waals surface area contributed by atoms with E-state index in [1.807, 2.05) is 0 Å². The average Bonchev–Trinajstić information content (AvgIpc) is 3.42. The number of carboxylic acid groups (broad SMARTS) is 2. The molecule has 0 saturated heterocycles. The van der Waals surface area contributed by atoms with Crippen molar-refractivity contribution in [3.8, 4) is 0 Å². The number of esters is 1. The van der Waals surface area contributed by atoms with Crippen LogP contribution < -0.4 is 5.32 Å². The van der Waals surface area contributed by atoms with E-state index in [0.29, 0.717) is 10.5 Å². The van der Waals surface area contributed by atoms with E-state index < -0.39 is 82.8 Å². The van der Waals surface area contributed by atoms with Crippen LogP contribution in [-0.2, 0) is 23.9 Å². The highest BCUT2D eigenvalue weighted by Gasteiger charge is 2.89. The van der Waals surface area contributed by atoms with E-state index in [-0.39, 0.29) is 5.75 Å². The summed E-state index contributed by atoms with van der Waals surface area (Å²) >= 11 is 1.13. The molecule has 38 heavy (non-hydrogen) atoms. The summed E-state index contributed by atoms with van der Waals surface area (Å²) in [6.07, 6.45) is -2.60. The monoisotopic (exact) mass is 555 g/mol. The zero-order valence-corrected chi connectivity index (χ0v) is 22.9. The molecule has 210 valence electrons. The fourth-order valence-corrected chi connectivity index (χ4v) is 6.81. The van der Waals surface area contributed by atoms with Crippen LogP contribution in [-0.4, -0.2) is 68.9 Å². The number of carbonyl (C=O) groups excluding carboxylic acids is 2. The van der Waals surface area contributed by atoms with Crippen molar-refractivity contribution in [1.82, 2.24) is 5.32 Å². The largest absolute Gasteiger partial charge is 0.481 e. The number of alkyl carbamates (subject to hydrolysis) is 1. The molecule has 2 aliphatic carbocycles. The third-order valence-corrected chi connectivity index (χ3v) is 8.37. The third-order valence-electron chi connectivity index (χ3n) is 7.26. The van der Waals surface area contributed by atoms with Gasteiger partial charge in [0.2, 0.25) is 0 Å². The van der Waals surface area contributed by atoms with Gasteiger partial charge in [-0.25, -0.2) is 14.0 Å². The predicted molar refractivity (Wildman–Crippen MR) is 134 cm³/mol. The van der Waals surface area contributed by atoms with E-state index in [1.54, 1.807) is 47.6 Å². The fourth-order valence-electron chi connectivity index (χ4n) is 5.56. The maximum Gasteiger partial charge on any atom is 0.408 e. The predicted octanol–water partition coefficient (Wildman–Crippen LogP) is 3.08. The molecule has 1 amide bonds. The molecule has 12 heteroatoms. The van der Waals surface area contributed by atoms with Crippen LogP contribution in [0.2, 0.25) is 0 Å². The number of nitrogens with one attached hydrogen (secondary N) is 1. The van der Waals surface area contributed by atoms with Crippen molar-refractivity contribution in [1.29, 1.82) is 0 Å². The van der Waals surface area contributed by atoms with Crippen LogP contribution in [0.5, 0.6) is 0 Å². The Morgan fingerprint density at radius 1 is 1.18 bits per heavy atom. The van der Waals surface area contributed by atoms with Gasteiger partial charge in [0.05, 0.1) is 23.4 Å². The lowest BCUT2D eigenvalue weighted by Gasteiger charge is -2.41. The molecule has 0 aliphatic heterocycles. The number of aryl methyl sites for hydroxylation is 1. The molecule has 1 aromatic rings. The number of thioether (sulfide) groups is 1. The minimum Gasteiger partial charge on any atom is -0.481 e. The Kier molecular flexibility index (Phi) is 8.10. The summed E-state index contributed by atoms with van der Waals surface area (Å²) in [4.78, 5) is 51.3. The highest BCUT2D eigenvalue weighted by Crippen LogP contribution is 2.74. The number of hydrogen-bond acceptors (Lipinski definition) is 8. The second kappa shape index (κ2) is 10.4. The van der Waals surface area contributed by atoms with Crippen molar-refractivity contribution >= 4 is 35.8 Å². The first-order valence-electron chi connectivity index (χ1n) is 12.2. The molecule has 0 radical (unpaired) electrons. The van der Waals surface area contributed by atoms with Crippen LogP contribution in [0.15, 0.2) is 23.1 Å².